The summed E-state index contributed by atoms with van der Waals surface area (Å²) in [4.78, 5) is 3.87. The van der Waals surface area contributed by atoms with Crippen molar-refractivity contribution in [1.29, 1.82) is 0 Å². The van der Waals surface area contributed by atoms with Gasteiger partial charge in [0.1, 0.15) is 5.76 Å². The van der Waals surface area contributed by atoms with E-state index >= 15 is 0 Å². The zero-order valence-electron chi connectivity index (χ0n) is 7.08. The van der Waals surface area contributed by atoms with Crippen molar-refractivity contribution in [3.63, 3.8) is 0 Å². The largest absolute Gasteiger partial charge is 0.494 e. The summed E-state index contributed by atoms with van der Waals surface area (Å²) in [6.45, 7) is 6.25. The van der Waals surface area contributed by atoms with Crippen LogP contribution in [0.25, 0.3) is 5.76 Å². The number of nitrogen functional groups attached to an aromatic ring is 1. The molecule has 0 aliphatic carbocycles. The zero-order chi connectivity index (χ0) is 8.97. The Balaban J connectivity index is 2.87. The van der Waals surface area contributed by atoms with Gasteiger partial charge in [0, 0.05) is 11.8 Å². The third-order valence-corrected chi connectivity index (χ3v) is 1.47. The molecule has 0 amide bonds. The molecule has 0 atom stereocenters. The van der Waals surface area contributed by atoms with Crippen molar-refractivity contribution >= 4 is 11.4 Å². The van der Waals surface area contributed by atoms with Gasteiger partial charge in [0.2, 0.25) is 0 Å². The number of ether oxygens (including phenoxy) is 1. The Morgan fingerprint density at radius 2 is 2.50 bits per heavy atom. The highest BCUT2D eigenvalue weighted by molar-refractivity contribution is 5.68. The summed E-state index contributed by atoms with van der Waals surface area (Å²) < 4.78 is 5.21. The van der Waals surface area contributed by atoms with Crippen LogP contribution in [0.3, 0.4) is 0 Å². The number of aromatic nitrogens is 1. The van der Waals surface area contributed by atoms with Gasteiger partial charge in [-0.05, 0) is 13.0 Å². The molecule has 12 heavy (non-hydrogen) atoms. The molecule has 0 saturated carbocycles. The summed E-state index contributed by atoms with van der Waals surface area (Å²) in [7, 11) is 0. The van der Waals surface area contributed by atoms with Crippen LogP contribution in [0.15, 0.2) is 25.0 Å². The second-order valence-corrected chi connectivity index (χ2v) is 2.32. The van der Waals surface area contributed by atoms with Gasteiger partial charge in [-0.1, -0.05) is 6.58 Å². The Bertz CT molecular complexity index is 284. The van der Waals surface area contributed by atoms with Crippen LogP contribution in [-0.4, -0.2) is 11.6 Å². The van der Waals surface area contributed by atoms with E-state index in [-0.39, 0.29) is 0 Å². The van der Waals surface area contributed by atoms with E-state index in [2.05, 4.69) is 11.6 Å². The average Bonchev–Trinajstić information content (AvgIpc) is 2.05. The standard InChI is InChI=1S/C9H12N2O/c1-3-12-7(2)8-4-5-11-6-9(8)10/h4-6H,2-3,10H2,1H3. The molecule has 0 unspecified atom stereocenters. The summed E-state index contributed by atoms with van der Waals surface area (Å²) in [5, 5.41) is 0. The fraction of sp³-hybridized carbons (Fsp3) is 0.222. The minimum absolute atomic E-state index is 0.593. The van der Waals surface area contributed by atoms with Gasteiger partial charge >= 0.3 is 0 Å². The van der Waals surface area contributed by atoms with Crippen LogP contribution in [0.2, 0.25) is 0 Å². The Morgan fingerprint density at radius 3 is 3.08 bits per heavy atom. The Labute approximate surface area is 71.9 Å². The topological polar surface area (TPSA) is 48.1 Å². The Kier molecular flexibility index (Phi) is 2.69. The first-order valence-electron chi connectivity index (χ1n) is 3.77. The molecule has 0 bridgehead atoms. The number of hydrogen-bond acceptors (Lipinski definition) is 3. The molecule has 1 aromatic rings. The van der Waals surface area contributed by atoms with Crippen molar-refractivity contribution < 1.29 is 4.74 Å². The van der Waals surface area contributed by atoms with Crippen LogP contribution in [0.5, 0.6) is 0 Å². The van der Waals surface area contributed by atoms with Crippen molar-refractivity contribution in [1.82, 2.24) is 4.98 Å². The summed E-state index contributed by atoms with van der Waals surface area (Å²) in [6, 6.07) is 1.79. The van der Waals surface area contributed by atoms with E-state index in [9.17, 15) is 0 Å². The lowest BCUT2D eigenvalue weighted by molar-refractivity contribution is 0.299. The highest BCUT2D eigenvalue weighted by atomic mass is 16.5. The van der Waals surface area contributed by atoms with Crippen LogP contribution in [-0.2, 0) is 4.74 Å². The van der Waals surface area contributed by atoms with Gasteiger partial charge in [0.05, 0.1) is 18.5 Å². The quantitative estimate of drug-likeness (QED) is 0.691. The van der Waals surface area contributed by atoms with Gasteiger partial charge in [-0.25, -0.2) is 0 Å². The van der Waals surface area contributed by atoms with E-state index in [0.29, 0.717) is 18.1 Å². The molecule has 64 valence electrons. The molecule has 0 fully saturated rings. The smallest absolute Gasteiger partial charge is 0.121 e. The lowest BCUT2D eigenvalue weighted by Gasteiger charge is -2.08. The number of hydrogen-bond donors (Lipinski definition) is 1. The van der Waals surface area contributed by atoms with Crippen molar-refractivity contribution in [2.45, 2.75) is 6.92 Å². The zero-order valence-corrected chi connectivity index (χ0v) is 7.08. The number of anilines is 1. The number of pyridine rings is 1. The summed E-state index contributed by atoms with van der Waals surface area (Å²) in [5.74, 6) is 0.595. The third-order valence-electron chi connectivity index (χ3n) is 1.47. The van der Waals surface area contributed by atoms with Gasteiger partial charge in [-0.15, -0.1) is 0 Å². The van der Waals surface area contributed by atoms with E-state index in [0.717, 1.165) is 5.56 Å². The number of rotatable bonds is 3. The lowest BCUT2D eigenvalue weighted by atomic mass is 10.2. The maximum Gasteiger partial charge on any atom is 0.121 e. The third kappa shape index (κ3) is 1.75. The van der Waals surface area contributed by atoms with Gasteiger partial charge in [0.15, 0.2) is 0 Å². The predicted molar refractivity (Wildman–Crippen MR) is 49.3 cm³/mol. The lowest BCUT2D eigenvalue weighted by Crippen LogP contribution is -1.96. The molecule has 0 aliphatic rings. The van der Waals surface area contributed by atoms with Crippen LogP contribution in [0.1, 0.15) is 12.5 Å². The highest BCUT2D eigenvalue weighted by Crippen LogP contribution is 2.18. The van der Waals surface area contributed by atoms with Gasteiger partial charge in [0.25, 0.3) is 0 Å². The predicted octanol–water partition coefficient (Wildman–Crippen LogP) is 1.67. The van der Waals surface area contributed by atoms with Gasteiger partial charge < -0.3 is 10.5 Å². The van der Waals surface area contributed by atoms with E-state index < -0.39 is 0 Å². The fourth-order valence-corrected chi connectivity index (χ4v) is 0.913. The maximum absolute atomic E-state index is 5.65. The molecule has 0 aromatic carbocycles. The SMILES string of the molecule is C=C(OCC)c1ccncc1N. The fourth-order valence-electron chi connectivity index (χ4n) is 0.913. The van der Waals surface area contributed by atoms with E-state index in [1.54, 1.807) is 18.5 Å². The molecule has 0 aliphatic heterocycles. The molecule has 1 heterocycles. The van der Waals surface area contributed by atoms with E-state index in [1.165, 1.54) is 0 Å². The molecule has 0 saturated heterocycles. The van der Waals surface area contributed by atoms with Crippen molar-refractivity contribution in [2.75, 3.05) is 12.3 Å². The second-order valence-electron chi connectivity index (χ2n) is 2.32. The molecule has 3 nitrogen and oxygen atoms in total. The molecular formula is C9H12N2O. The van der Waals surface area contributed by atoms with Crippen LogP contribution >= 0.6 is 0 Å². The minimum atomic E-state index is 0.593. The molecule has 0 spiro atoms. The molecule has 3 heteroatoms. The second kappa shape index (κ2) is 3.76. The number of nitrogens with zero attached hydrogens (tertiary/aromatic N) is 1. The summed E-state index contributed by atoms with van der Waals surface area (Å²) >= 11 is 0. The maximum atomic E-state index is 5.65. The van der Waals surface area contributed by atoms with E-state index in [4.69, 9.17) is 10.5 Å². The first-order chi connectivity index (χ1) is 5.75. The molecule has 1 aromatic heterocycles. The summed E-state index contributed by atoms with van der Waals surface area (Å²) in [6.07, 6.45) is 3.25. The van der Waals surface area contributed by atoms with Crippen molar-refractivity contribution in [3.05, 3.63) is 30.6 Å². The number of nitrogens with two attached hydrogens (primary N) is 1. The highest BCUT2D eigenvalue weighted by Gasteiger charge is 2.02. The first kappa shape index (κ1) is 8.59. The van der Waals surface area contributed by atoms with Crippen LogP contribution in [0.4, 0.5) is 5.69 Å². The normalized spacial score (nSPS) is 9.42. The summed E-state index contributed by atoms with van der Waals surface area (Å²) in [5.41, 5.74) is 7.05. The van der Waals surface area contributed by atoms with Crippen LogP contribution < -0.4 is 5.73 Å². The van der Waals surface area contributed by atoms with Crippen molar-refractivity contribution in [3.8, 4) is 0 Å². The van der Waals surface area contributed by atoms with Gasteiger partial charge in [-0.3, -0.25) is 4.98 Å². The molecular weight excluding hydrogens is 152 g/mol. The van der Waals surface area contributed by atoms with Crippen LogP contribution in [0, 0.1) is 0 Å². The van der Waals surface area contributed by atoms with E-state index in [1.807, 2.05) is 6.92 Å². The minimum Gasteiger partial charge on any atom is -0.494 e. The van der Waals surface area contributed by atoms with Gasteiger partial charge in [-0.2, -0.15) is 0 Å². The molecule has 1 rings (SSSR count). The average molecular weight is 164 g/mol. The first-order valence-corrected chi connectivity index (χ1v) is 3.77. The molecule has 2 N–H and O–H groups in total. The molecule has 0 radical (unpaired) electrons. The monoisotopic (exact) mass is 164 g/mol. The van der Waals surface area contributed by atoms with Crippen molar-refractivity contribution in [2.24, 2.45) is 0 Å². The Morgan fingerprint density at radius 1 is 1.75 bits per heavy atom. The Hall–Kier alpha value is -1.51.